The fourth-order valence-corrected chi connectivity index (χ4v) is 3.01. The van der Waals surface area contributed by atoms with E-state index in [1.807, 2.05) is 0 Å². The number of carbonyl (C=O) groups excluding carboxylic acids is 1. The van der Waals surface area contributed by atoms with Crippen LogP contribution in [0.3, 0.4) is 0 Å². The molecule has 3 rings (SSSR count). The van der Waals surface area contributed by atoms with Crippen LogP contribution < -0.4 is 4.74 Å². The number of ether oxygens (including phenoxy) is 1. The van der Waals surface area contributed by atoms with Gasteiger partial charge in [-0.1, -0.05) is 18.2 Å². The van der Waals surface area contributed by atoms with E-state index < -0.39 is 16.0 Å². The highest BCUT2D eigenvalue weighted by Gasteiger charge is 2.30. The van der Waals surface area contributed by atoms with Crippen LogP contribution in [-0.2, 0) is 14.8 Å². The SMILES string of the molecule is O=C(Oc1ccccc1)C1=CC=CN2CCS(=O)(=O)N=C12. The number of carbonyl (C=O) groups is 1. The average molecular weight is 304 g/mol. The van der Waals surface area contributed by atoms with Crippen molar-refractivity contribution in [3.8, 4) is 5.75 Å². The predicted octanol–water partition coefficient (Wildman–Crippen LogP) is 1.09. The van der Waals surface area contributed by atoms with Crippen LogP contribution in [0.4, 0.5) is 0 Å². The Bertz CT molecular complexity index is 763. The zero-order valence-electron chi connectivity index (χ0n) is 11.0. The molecule has 0 fully saturated rings. The first-order valence-electron chi connectivity index (χ1n) is 6.30. The number of para-hydroxylation sites is 1. The first kappa shape index (κ1) is 13.6. The Balaban J connectivity index is 1.90. The molecule has 0 spiro atoms. The summed E-state index contributed by atoms with van der Waals surface area (Å²) in [4.78, 5) is 13.8. The molecule has 2 heterocycles. The summed E-state index contributed by atoms with van der Waals surface area (Å²) in [6.45, 7) is 0.271. The van der Waals surface area contributed by atoms with E-state index in [-0.39, 0.29) is 23.7 Å². The van der Waals surface area contributed by atoms with Crippen molar-refractivity contribution in [3.63, 3.8) is 0 Å². The summed E-state index contributed by atoms with van der Waals surface area (Å²) in [6.07, 6.45) is 4.85. The van der Waals surface area contributed by atoms with Crippen molar-refractivity contribution >= 4 is 21.8 Å². The molecule has 21 heavy (non-hydrogen) atoms. The van der Waals surface area contributed by atoms with Crippen LogP contribution in [0, 0.1) is 0 Å². The number of hydrogen-bond donors (Lipinski definition) is 0. The summed E-state index contributed by atoms with van der Waals surface area (Å²) >= 11 is 0. The van der Waals surface area contributed by atoms with Gasteiger partial charge >= 0.3 is 5.97 Å². The van der Waals surface area contributed by atoms with Crippen LogP contribution in [0.2, 0.25) is 0 Å². The monoisotopic (exact) mass is 304 g/mol. The summed E-state index contributed by atoms with van der Waals surface area (Å²) in [5.41, 5.74) is 0.129. The third-order valence-corrected chi connectivity index (χ3v) is 4.18. The minimum Gasteiger partial charge on any atom is -0.423 e. The van der Waals surface area contributed by atoms with E-state index in [4.69, 9.17) is 4.74 Å². The van der Waals surface area contributed by atoms with E-state index in [9.17, 15) is 13.2 Å². The van der Waals surface area contributed by atoms with Crippen LogP contribution in [0.1, 0.15) is 0 Å². The van der Waals surface area contributed by atoms with Crippen molar-refractivity contribution in [2.24, 2.45) is 4.40 Å². The maximum atomic E-state index is 12.2. The van der Waals surface area contributed by atoms with E-state index in [1.54, 1.807) is 47.5 Å². The van der Waals surface area contributed by atoms with Crippen molar-refractivity contribution in [1.82, 2.24) is 4.90 Å². The second-order valence-electron chi connectivity index (χ2n) is 4.52. The quantitative estimate of drug-likeness (QED) is 0.604. The standard InChI is InChI=1S/C14H12N2O4S/c17-14(20-11-5-2-1-3-6-11)12-7-4-8-16-9-10-21(18,19)15-13(12)16/h1-8H,9-10H2. The highest BCUT2D eigenvalue weighted by Crippen LogP contribution is 2.20. The molecule has 0 atom stereocenters. The summed E-state index contributed by atoms with van der Waals surface area (Å²) < 4.78 is 32.1. The van der Waals surface area contributed by atoms with Crippen molar-refractivity contribution in [2.45, 2.75) is 0 Å². The van der Waals surface area contributed by atoms with Crippen molar-refractivity contribution in [2.75, 3.05) is 12.3 Å². The second kappa shape index (κ2) is 5.17. The Hall–Kier alpha value is -2.41. The van der Waals surface area contributed by atoms with Crippen molar-refractivity contribution in [1.29, 1.82) is 0 Å². The van der Waals surface area contributed by atoms with Gasteiger partial charge in [0, 0.05) is 12.7 Å². The maximum Gasteiger partial charge on any atom is 0.347 e. The molecular formula is C14H12N2O4S. The molecule has 108 valence electrons. The highest BCUT2D eigenvalue weighted by molar-refractivity contribution is 7.90. The van der Waals surface area contributed by atoms with Crippen LogP contribution >= 0.6 is 0 Å². The number of allylic oxidation sites excluding steroid dienone is 2. The average Bonchev–Trinajstić information content (AvgIpc) is 2.46. The fraction of sp³-hybridized carbons (Fsp3) is 0.143. The van der Waals surface area contributed by atoms with Gasteiger partial charge in [0.05, 0.1) is 5.75 Å². The number of fused-ring (bicyclic) bond motifs is 1. The number of sulfonamides is 1. The van der Waals surface area contributed by atoms with Gasteiger partial charge in [-0.3, -0.25) is 0 Å². The summed E-state index contributed by atoms with van der Waals surface area (Å²) in [5.74, 6) is -0.193. The van der Waals surface area contributed by atoms with Crippen molar-refractivity contribution in [3.05, 3.63) is 54.3 Å². The largest absolute Gasteiger partial charge is 0.423 e. The first-order chi connectivity index (χ1) is 10.1. The van der Waals surface area contributed by atoms with Crippen LogP contribution in [0.15, 0.2) is 58.7 Å². The number of hydrogen-bond acceptors (Lipinski definition) is 5. The Labute approximate surface area is 122 Å². The van der Waals surface area contributed by atoms with Crippen molar-refractivity contribution < 1.29 is 17.9 Å². The molecule has 0 unspecified atom stereocenters. The molecule has 6 nitrogen and oxygen atoms in total. The predicted molar refractivity (Wildman–Crippen MR) is 77.2 cm³/mol. The zero-order valence-corrected chi connectivity index (χ0v) is 11.8. The normalized spacial score (nSPS) is 19.3. The van der Waals surface area contributed by atoms with Gasteiger partial charge in [-0.05, 0) is 24.3 Å². The number of amidine groups is 1. The molecule has 0 N–H and O–H groups in total. The number of esters is 1. The van der Waals surface area contributed by atoms with Gasteiger partial charge in [0.15, 0.2) is 5.84 Å². The van der Waals surface area contributed by atoms with Gasteiger partial charge in [0.25, 0.3) is 10.0 Å². The molecule has 2 aliphatic heterocycles. The lowest BCUT2D eigenvalue weighted by Crippen LogP contribution is -2.40. The highest BCUT2D eigenvalue weighted by atomic mass is 32.2. The van der Waals surface area contributed by atoms with E-state index in [0.29, 0.717) is 5.75 Å². The van der Waals surface area contributed by atoms with Gasteiger partial charge in [0.1, 0.15) is 11.3 Å². The summed E-state index contributed by atoms with van der Waals surface area (Å²) in [5, 5.41) is 0. The van der Waals surface area contributed by atoms with Gasteiger partial charge in [-0.25, -0.2) is 13.2 Å². The fourth-order valence-electron chi connectivity index (χ4n) is 2.03. The number of rotatable bonds is 2. The van der Waals surface area contributed by atoms with E-state index >= 15 is 0 Å². The smallest absolute Gasteiger partial charge is 0.347 e. The molecule has 1 aromatic rings. The molecule has 7 heteroatoms. The Morgan fingerprint density at radius 2 is 2.00 bits per heavy atom. The maximum absolute atomic E-state index is 12.2. The summed E-state index contributed by atoms with van der Waals surface area (Å²) in [6, 6.07) is 8.58. The Morgan fingerprint density at radius 3 is 2.76 bits per heavy atom. The second-order valence-corrected chi connectivity index (χ2v) is 6.27. The Kier molecular flexibility index (Phi) is 3.34. The van der Waals surface area contributed by atoms with Gasteiger partial charge in [-0.15, -0.1) is 4.40 Å². The zero-order chi connectivity index (χ0) is 14.9. The molecule has 0 aromatic heterocycles. The number of nitrogens with zero attached hydrogens (tertiary/aromatic N) is 2. The van der Waals surface area contributed by atoms with Gasteiger partial charge in [0.2, 0.25) is 0 Å². The van der Waals surface area contributed by atoms with Crippen LogP contribution in [0.5, 0.6) is 5.75 Å². The molecule has 0 bridgehead atoms. The molecule has 0 radical (unpaired) electrons. The molecule has 0 saturated heterocycles. The third kappa shape index (κ3) is 2.87. The van der Waals surface area contributed by atoms with E-state index in [1.165, 1.54) is 6.08 Å². The van der Waals surface area contributed by atoms with Crippen LogP contribution in [0.25, 0.3) is 0 Å². The number of benzene rings is 1. The minimum atomic E-state index is -3.53. The van der Waals surface area contributed by atoms with E-state index in [2.05, 4.69) is 4.40 Å². The van der Waals surface area contributed by atoms with Gasteiger partial charge < -0.3 is 9.64 Å². The van der Waals surface area contributed by atoms with Gasteiger partial charge in [-0.2, -0.15) is 0 Å². The molecule has 2 aliphatic rings. The molecule has 0 amide bonds. The lowest BCUT2D eigenvalue weighted by molar-refractivity contribution is -0.129. The molecule has 0 aliphatic carbocycles. The topological polar surface area (TPSA) is 76.0 Å². The van der Waals surface area contributed by atoms with Crippen LogP contribution in [-0.4, -0.2) is 37.4 Å². The molecule has 1 aromatic carbocycles. The molecule has 0 saturated carbocycles. The molecular weight excluding hydrogens is 292 g/mol. The minimum absolute atomic E-state index is 0.0676. The first-order valence-corrected chi connectivity index (χ1v) is 7.91. The lowest BCUT2D eigenvalue weighted by atomic mass is 10.1. The van der Waals surface area contributed by atoms with E-state index in [0.717, 1.165) is 0 Å². The third-order valence-electron chi connectivity index (χ3n) is 3.03. The Morgan fingerprint density at radius 1 is 1.24 bits per heavy atom. The summed E-state index contributed by atoms with van der Waals surface area (Å²) in [7, 11) is -3.53. The lowest BCUT2D eigenvalue weighted by Gasteiger charge is -2.28.